The predicted molar refractivity (Wildman–Crippen MR) is 85.9 cm³/mol. The normalized spacial score (nSPS) is 17.1. The highest BCUT2D eigenvalue weighted by Crippen LogP contribution is 2.28. The summed E-state index contributed by atoms with van der Waals surface area (Å²) in [5.74, 6) is -0.110. The molecule has 0 aromatic heterocycles. The van der Waals surface area contributed by atoms with Gasteiger partial charge in [-0.3, -0.25) is 0 Å². The van der Waals surface area contributed by atoms with Crippen LogP contribution >= 0.6 is 0 Å². The molecule has 1 aliphatic heterocycles. The number of nitrogens with zero attached hydrogens (tertiary/aromatic N) is 1. The lowest BCUT2D eigenvalue weighted by atomic mass is 10.1. The van der Waals surface area contributed by atoms with Gasteiger partial charge >= 0.3 is 12.0 Å². The number of hydrogen-bond donors (Lipinski definition) is 0. The van der Waals surface area contributed by atoms with Crippen LogP contribution in [-0.4, -0.2) is 31.8 Å². The van der Waals surface area contributed by atoms with E-state index in [1.54, 1.807) is 12.1 Å². The summed E-state index contributed by atoms with van der Waals surface area (Å²) in [6.07, 6.45) is -3.07. The van der Waals surface area contributed by atoms with Crippen LogP contribution in [0.15, 0.2) is 59.6 Å². The third kappa shape index (κ3) is 3.82. The van der Waals surface area contributed by atoms with Crippen molar-refractivity contribution in [3.8, 4) is 11.5 Å². The van der Waals surface area contributed by atoms with Gasteiger partial charge in [-0.05, 0) is 36.2 Å². The third-order valence-corrected chi connectivity index (χ3v) is 3.58. The minimum atomic E-state index is -3.61. The van der Waals surface area contributed by atoms with Gasteiger partial charge in [0, 0.05) is 0 Å². The molecule has 2 aromatic carbocycles. The van der Waals surface area contributed by atoms with Crippen molar-refractivity contribution in [3.63, 3.8) is 0 Å². The van der Waals surface area contributed by atoms with Crippen molar-refractivity contribution in [2.24, 2.45) is 4.99 Å². The Labute approximate surface area is 138 Å². The van der Waals surface area contributed by atoms with Crippen LogP contribution < -0.4 is 9.47 Å². The Morgan fingerprint density at radius 2 is 1.75 bits per heavy atom. The van der Waals surface area contributed by atoms with Crippen LogP contribution in [0.3, 0.4) is 0 Å². The van der Waals surface area contributed by atoms with E-state index in [2.05, 4.69) is 4.99 Å². The van der Waals surface area contributed by atoms with E-state index in [4.69, 9.17) is 14.2 Å². The Kier molecular flexibility index (Phi) is 4.64. The molecule has 0 N–H and O–H groups in total. The van der Waals surface area contributed by atoms with Crippen LogP contribution in [0.1, 0.15) is 5.56 Å². The lowest BCUT2D eigenvalue weighted by Gasteiger charge is -2.17. The molecule has 0 bridgehead atoms. The summed E-state index contributed by atoms with van der Waals surface area (Å²) in [7, 11) is 1.50. The second-order valence-corrected chi connectivity index (χ2v) is 5.38. The molecule has 0 fully saturated rings. The largest absolute Gasteiger partial charge is 0.497 e. The molecule has 1 atom stereocenters. The molecule has 24 heavy (non-hydrogen) atoms. The highest BCUT2D eigenvalue weighted by Gasteiger charge is 2.44. The average Bonchev–Trinajstić information content (AvgIpc) is 3.06. The number of aliphatic imine (C=N–C) groups is 1. The molecule has 4 nitrogen and oxygen atoms in total. The first kappa shape index (κ1) is 16.2. The molecule has 1 unspecified atom stereocenters. The number of hydrogen-bond acceptors (Lipinski definition) is 4. The van der Waals surface area contributed by atoms with Crippen LogP contribution in [0, 0.1) is 0 Å². The van der Waals surface area contributed by atoms with E-state index in [1.807, 2.05) is 30.3 Å². The van der Waals surface area contributed by atoms with Gasteiger partial charge in [0.05, 0.1) is 13.2 Å². The molecule has 0 saturated heterocycles. The van der Waals surface area contributed by atoms with Gasteiger partial charge in [-0.1, -0.05) is 30.3 Å². The van der Waals surface area contributed by atoms with Crippen molar-refractivity contribution < 1.29 is 23.0 Å². The Morgan fingerprint density at radius 1 is 1.08 bits per heavy atom. The van der Waals surface area contributed by atoms with Gasteiger partial charge in [-0.25, -0.2) is 4.99 Å². The standard InChI is InChI=1S/C18H17F2NO3/c1-22-15-7-9-16(10-8-15)24-18(19,20)17-21-14(12-23-17)11-13-5-3-2-4-6-13/h2-10,14H,11-12H2,1H3. The number of halogens is 2. The van der Waals surface area contributed by atoms with Crippen molar-refractivity contribution in [2.45, 2.75) is 18.6 Å². The number of ether oxygens (including phenoxy) is 3. The third-order valence-electron chi connectivity index (χ3n) is 3.58. The monoisotopic (exact) mass is 333 g/mol. The molecule has 0 saturated carbocycles. The number of methoxy groups -OCH3 is 1. The van der Waals surface area contributed by atoms with E-state index in [-0.39, 0.29) is 18.4 Å². The summed E-state index contributed by atoms with van der Waals surface area (Å²) >= 11 is 0. The van der Waals surface area contributed by atoms with Crippen LogP contribution in [0.2, 0.25) is 0 Å². The molecule has 3 rings (SSSR count). The quantitative estimate of drug-likeness (QED) is 0.809. The number of alkyl halides is 2. The molecule has 0 aliphatic carbocycles. The molecular formula is C18H17F2NO3. The van der Waals surface area contributed by atoms with Crippen molar-refractivity contribution in [1.82, 2.24) is 0 Å². The van der Waals surface area contributed by atoms with Gasteiger partial charge in [0.1, 0.15) is 18.1 Å². The van der Waals surface area contributed by atoms with Crippen molar-refractivity contribution in [1.29, 1.82) is 0 Å². The maximum absolute atomic E-state index is 14.2. The minimum Gasteiger partial charge on any atom is -0.497 e. The van der Waals surface area contributed by atoms with Crippen molar-refractivity contribution >= 4 is 5.90 Å². The highest BCUT2D eigenvalue weighted by atomic mass is 19.3. The fourth-order valence-electron chi connectivity index (χ4n) is 2.40. The zero-order valence-corrected chi connectivity index (χ0v) is 13.1. The Hall–Kier alpha value is -2.63. The second-order valence-electron chi connectivity index (χ2n) is 5.38. The molecule has 0 spiro atoms. The van der Waals surface area contributed by atoms with E-state index in [1.165, 1.54) is 19.2 Å². The van der Waals surface area contributed by atoms with Crippen LogP contribution in [0.25, 0.3) is 0 Å². The van der Waals surface area contributed by atoms with Crippen molar-refractivity contribution in [3.05, 3.63) is 60.2 Å². The Morgan fingerprint density at radius 3 is 2.42 bits per heavy atom. The molecule has 1 heterocycles. The average molecular weight is 333 g/mol. The zero-order valence-electron chi connectivity index (χ0n) is 13.1. The van der Waals surface area contributed by atoms with Gasteiger partial charge in [-0.15, -0.1) is 0 Å². The molecule has 0 radical (unpaired) electrons. The Bertz CT molecular complexity index is 702. The predicted octanol–water partition coefficient (Wildman–Crippen LogP) is 3.71. The summed E-state index contributed by atoms with van der Waals surface area (Å²) in [6.45, 7) is 0.117. The summed E-state index contributed by atoms with van der Waals surface area (Å²) in [6, 6.07) is 15.1. The summed E-state index contributed by atoms with van der Waals surface area (Å²) in [4.78, 5) is 3.98. The topological polar surface area (TPSA) is 40.0 Å². The van der Waals surface area contributed by atoms with Gasteiger partial charge in [0.2, 0.25) is 0 Å². The van der Waals surface area contributed by atoms with Crippen LogP contribution in [0.4, 0.5) is 8.78 Å². The number of benzene rings is 2. The maximum Gasteiger partial charge on any atom is 0.479 e. The first-order chi connectivity index (χ1) is 11.6. The molecule has 126 valence electrons. The van der Waals surface area contributed by atoms with E-state index in [9.17, 15) is 8.78 Å². The fourth-order valence-corrected chi connectivity index (χ4v) is 2.40. The van der Waals surface area contributed by atoms with E-state index in [0.717, 1.165) is 5.56 Å². The van der Waals surface area contributed by atoms with E-state index < -0.39 is 12.0 Å². The van der Waals surface area contributed by atoms with Crippen molar-refractivity contribution in [2.75, 3.05) is 13.7 Å². The summed E-state index contributed by atoms with van der Waals surface area (Å²) in [5.41, 5.74) is 1.02. The first-order valence-electron chi connectivity index (χ1n) is 7.53. The lowest BCUT2D eigenvalue weighted by Crippen LogP contribution is -2.35. The highest BCUT2D eigenvalue weighted by molar-refractivity contribution is 5.83. The zero-order chi connectivity index (χ0) is 17.0. The second kappa shape index (κ2) is 6.86. The molecule has 2 aromatic rings. The molecule has 6 heteroatoms. The van der Waals surface area contributed by atoms with E-state index in [0.29, 0.717) is 12.2 Å². The molecule has 0 amide bonds. The fraction of sp³-hybridized carbons (Fsp3) is 0.278. The lowest BCUT2D eigenvalue weighted by molar-refractivity contribution is -0.125. The smallest absolute Gasteiger partial charge is 0.479 e. The van der Waals surface area contributed by atoms with Gasteiger partial charge in [0.15, 0.2) is 0 Å². The van der Waals surface area contributed by atoms with Gasteiger partial charge < -0.3 is 14.2 Å². The summed E-state index contributed by atoms with van der Waals surface area (Å²) in [5, 5.41) is 0. The minimum absolute atomic E-state index is 0.0126. The van der Waals surface area contributed by atoms with Gasteiger partial charge in [-0.2, -0.15) is 8.78 Å². The SMILES string of the molecule is COc1ccc(OC(F)(F)C2=NC(Cc3ccccc3)CO2)cc1. The van der Waals surface area contributed by atoms with Crippen LogP contribution in [0.5, 0.6) is 11.5 Å². The van der Waals surface area contributed by atoms with Gasteiger partial charge in [0.25, 0.3) is 0 Å². The first-order valence-corrected chi connectivity index (χ1v) is 7.53. The number of rotatable bonds is 6. The molecular weight excluding hydrogens is 316 g/mol. The maximum atomic E-state index is 14.2. The Balaban J connectivity index is 1.66. The van der Waals surface area contributed by atoms with Crippen LogP contribution in [-0.2, 0) is 11.2 Å². The molecule has 1 aliphatic rings. The summed E-state index contributed by atoms with van der Waals surface area (Å²) < 4.78 is 43.2. The van der Waals surface area contributed by atoms with E-state index >= 15 is 0 Å².